The molecule has 7 heteroatoms. The van der Waals surface area contributed by atoms with E-state index in [-0.39, 0.29) is 11.6 Å². The Kier molecular flexibility index (Phi) is 4.65. The lowest BCUT2D eigenvalue weighted by atomic mass is 9.91. The Bertz CT molecular complexity index is 802. The topological polar surface area (TPSA) is 94.4 Å². The molecule has 0 aromatic carbocycles. The van der Waals surface area contributed by atoms with Crippen molar-refractivity contribution in [1.82, 2.24) is 14.7 Å². The van der Waals surface area contributed by atoms with Gasteiger partial charge in [0, 0.05) is 13.1 Å². The summed E-state index contributed by atoms with van der Waals surface area (Å²) < 4.78 is 6.49. The minimum atomic E-state index is -0.720. The lowest BCUT2D eigenvalue weighted by Gasteiger charge is -2.36. The quantitative estimate of drug-likeness (QED) is 0.920. The summed E-state index contributed by atoms with van der Waals surface area (Å²) in [5.74, 6) is 1.29. The van der Waals surface area contributed by atoms with Crippen LogP contribution in [0.3, 0.4) is 0 Å². The highest BCUT2D eigenvalue weighted by molar-refractivity contribution is 5.80. The molecule has 3 heterocycles. The summed E-state index contributed by atoms with van der Waals surface area (Å²) in [6.45, 7) is 7.37. The van der Waals surface area contributed by atoms with Gasteiger partial charge in [0.25, 0.3) is 5.56 Å². The molecule has 2 aromatic rings. The van der Waals surface area contributed by atoms with Gasteiger partial charge in [-0.2, -0.15) is 5.10 Å². The molecule has 0 radical (unpaired) electrons. The summed E-state index contributed by atoms with van der Waals surface area (Å²) >= 11 is 0. The van der Waals surface area contributed by atoms with Crippen molar-refractivity contribution in [2.24, 2.45) is 11.8 Å². The highest BCUT2D eigenvalue weighted by Gasteiger charge is 2.30. The minimum Gasteiger partial charge on any atom is -0.463 e. The number of nitrogens with two attached hydrogens (primary N) is 1. The fourth-order valence-electron chi connectivity index (χ4n) is 3.55. The molecule has 2 aromatic heterocycles. The Hall–Kier alpha value is -2.57. The number of anilines is 1. The van der Waals surface area contributed by atoms with Gasteiger partial charge in [0.05, 0.1) is 6.26 Å². The molecule has 2 N–H and O–H groups in total. The fourth-order valence-corrected chi connectivity index (χ4v) is 3.55. The smallest absolute Gasteiger partial charge is 0.290 e. The van der Waals surface area contributed by atoms with E-state index in [9.17, 15) is 9.59 Å². The summed E-state index contributed by atoms with van der Waals surface area (Å²) in [5, 5.41) is 4.31. The van der Waals surface area contributed by atoms with E-state index in [1.165, 1.54) is 17.0 Å². The maximum atomic E-state index is 12.9. The molecule has 0 aliphatic carbocycles. The van der Waals surface area contributed by atoms with Crippen LogP contribution in [0.25, 0.3) is 11.5 Å². The van der Waals surface area contributed by atoms with Crippen LogP contribution >= 0.6 is 0 Å². The zero-order valence-electron chi connectivity index (χ0n) is 14.8. The first-order valence-corrected chi connectivity index (χ1v) is 8.58. The zero-order chi connectivity index (χ0) is 18.1. The van der Waals surface area contributed by atoms with Crippen molar-refractivity contribution in [3.05, 3.63) is 34.8 Å². The fraction of sp³-hybridized carbons (Fsp3) is 0.500. The standard InChI is InChI=1S/C18H24N4O3/c1-11-7-12(2)10-21(9-11)17(23)13(3)22-18(24)14(19)8-15(20-22)16-5-4-6-25-16/h4-6,8,11-13H,7,9-10,19H2,1-3H3. The monoisotopic (exact) mass is 344 g/mol. The lowest BCUT2D eigenvalue weighted by molar-refractivity contribution is -0.137. The summed E-state index contributed by atoms with van der Waals surface area (Å²) in [4.78, 5) is 27.2. The molecule has 0 spiro atoms. The molecule has 7 nitrogen and oxygen atoms in total. The van der Waals surface area contributed by atoms with Crippen LogP contribution in [0, 0.1) is 11.8 Å². The zero-order valence-corrected chi connectivity index (χ0v) is 14.8. The number of nitrogen functional groups attached to an aromatic ring is 1. The van der Waals surface area contributed by atoms with Gasteiger partial charge in [0.2, 0.25) is 5.91 Å². The minimum absolute atomic E-state index is 0.0430. The molecular weight excluding hydrogens is 320 g/mol. The predicted molar refractivity (Wildman–Crippen MR) is 94.8 cm³/mol. The molecule has 3 rings (SSSR count). The van der Waals surface area contributed by atoms with E-state index in [0.717, 1.165) is 6.42 Å². The van der Waals surface area contributed by atoms with E-state index >= 15 is 0 Å². The first kappa shape index (κ1) is 17.3. The molecule has 1 amide bonds. The first-order chi connectivity index (χ1) is 11.9. The second-order valence-corrected chi connectivity index (χ2v) is 7.08. The number of piperidine rings is 1. The van der Waals surface area contributed by atoms with E-state index in [1.807, 2.05) is 4.90 Å². The molecule has 0 bridgehead atoms. The molecule has 1 saturated heterocycles. The molecule has 0 saturated carbocycles. The average Bonchev–Trinajstić information content (AvgIpc) is 3.09. The third kappa shape index (κ3) is 3.45. The number of likely N-dealkylation sites (tertiary alicyclic amines) is 1. The van der Waals surface area contributed by atoms with Crippen LogP contribution in [0.1, 0.15) is 33.2 Å². The largest absolute Gasteiger partial charge is 0.463 e. The molecule has 1 aliphatic heterocycles. The third-order valence-electron chi connectivity index (χ3n) is 4.64. The van der Waals surface area contributed by atoms with Gasteiger partial charge in [-0.05, 0) is 43.4 Å². The summed E-state index contributed by atoms with van der Waals surface area (Å²) in [6.07, 6.45) is 2.63. The van der Waals surface area contributed by atoms with Gasteiger partial charge in [-0.25, -0.2) is 4.68 Å². The van der Waals surface area contributed by atoms with E-state index in [4.69, 9.17) is 10.2 Å². The Balaban J connectivity index is 1.92. The van der Waals surface area contributed by atoms with E-state index in [0.29, 0.717) is 36.4 Å². The van der Waals surface area contributed by atoms with Crippen molar-refractivity contribution in [3.63, 3.8) is 0 Å². The Morgan fingerprint density at radius 3 is 2.64 bits per heavy atom. The summed E-state index contributed by atoms with van der Waals surface area (Å²) in [7, 11) is 0. The van der Waals surface area contributed by atoms with Gasteiger partial charge in [-0.1, -0.05) is 13.8 Å². The van der Waals surface area contributed by atoms with Crippen molar-refractivity contribution in [2.45, 2.75) is 33.2 Å². The third-order valence-corrected chi connectivity index (χ3v) is 4.64. The van der Waals surface area contributed by atoms with Crippen molar-refractivity contribution in [3.8, 4) is 11.5 Å². The van der Waals surface area contributed by atoms with Gasteiger partial charge in [0.1, 0.15) is 17.4 Å². The van der Waals surface area contributed by atoms with Crippen LogP contribution in [0.5, 0.6) is 0 Å². The van der Waals surface area contributed by atoms with Crippen LogP contribution in [0.15, 0.2) is 33.7 Å². The molecule has 1 aliphatic rings. The molecule has 3 unspecified atom stereocenters. The summed E-state index contributed by atoms with van der Waals surface area (Å²) in [5.41, 5.74) is 5.86. The number of nitrogens with zero attached hydrogens (tertiary/aromatic N) is 3. The van der Waals surface area contributed by atoms with Gasteiger partial charge in [-0.15, -0.1) is 0 Å². The molecule has 3 atom stereocenters. The number of amides is 1. The number of carbonyl (C=O) groups excluding carboxylic acids is 1. The lowest BCUT2D eigenvalue weighted by Crippen LogP contribution is -2.47. The van der Waals surface area contributed by atoms with Crippen LogP contribution < -0.4 is 11.3 Å². The van der Waals surface area contributed by atoms with Gasteiger partial charge in [-0.3, -0.25) is 9.59 Å². The van der Waals surface area contributed by atoms with Gasteiger partial charge >= 0.3 is 0 Å². The second-order valence-electron chi connectivity index (χ2n) is 7.08. The van der Waals surface area contributed by atoms with Crippen molar-refractivity contribution in [2.75, 3.05) is 18.8 Å². The Morgan fingerprint density at radius 1 is 1.36 bits per heavy atom. The maximum absolute atomic E-state index is 12.9. The number of rotatable bonds is 3. The number of hydrogen-bond donors (Lipinski definition) is 1. The Labute approximate surface area is 146 Å². The molecule has 134 valence electrons. The highest BCUT2D eigenvalue weighted by Crippen LogP contribution is 2.24. The van der Waals surface area contributed by atoms with Crippen LogP contribution in [0.4, 0.5) is 5.69 Å². The first-order valence-electron chi connectivity index (χ1n) is 8.58. The van der Waals surface area contributed by atoms with Gasteiger partial charge in [0.15, 0.2) is 5.76 Å². The van der Waals surface area contributed by atoms with Crippen LogP contribution in [-0.4, -0.2) is 33.7 Å². The van der Waals surface area contributed by atoms with Crippen molar-refractivity contribution < 1.29 is 9.21 Å². The van der Waals surface area contributed by atoms with Crippen LogP contribution in [0.2, 0.25) is 0 Å². The maximum Gasteiger partial charge on any atom is 0.290 e. The number of furan rings is 1. The predicted octanol–water partition coefficient (Wildman–Crippen LogP) is 2.15. The van der Waals surface area contributed by atoms with Crippen LogP contribution in [-0.2, 0) is 4.79 Å². The summed E-state index contributed by atoms with van der Waals surface area (Å²) in [6, 6.07) is 4.22. The number of aromatic nitrogens is 2. The highest BCUT2D eigenvalue weighted by atomic mass is 16.3. The second kappa shape index (κ2) is 6.74. The Morgan fingerprint density at radius 2 is 2.04 bits per heavy atom. The van der Waals surface area contributed by atoms with Gasteiger partial charge < -0.3 is 15.1 Å². The molecule has 1 fully saturated rings. The SMILES string of the molecule is CC1CC(C)CN(C(=O)C(C)n2nc(-c3ccco3)cc(N)c2=O)C1. The average molecular weight is 344 g/mol. The van der Waals surface area contributed by atoms with E-state index < -0.39 is 11.6 Å². The normalized spacial score (nSPS) is 22.0. The number of carbonyl (C=O) groups is 1. The van der Waals surface area contributed by atoms with Crippen molar-refractivity contribution >= 4 is 11.6 Å². The molecular formula is C18H24N4O3. The van der Waals surface area contributed by atoms with Crippen molar-refractivity contribution in [1.29, 1.82) is 0 Å². The number of hydrogen-bond acceptors (Lipinski definition) is 5. The van der Waals surface area contributed by atoms with E-state index in [1.54, 1.807) is 19.1 Å². The van der Waals surface area contributed by atoms with E-state index in [2.05, 4.69) is 18.9 Å². The molecule has 25 heavy (non-hydrogen) atoms.